The van der Waals surface area contributed by atoms with E-state index in [9.17, 15) is 25.1 Å². The highest BCUT2D eigenvalue weighted by molar-refractivity contribution is 5.99. The highest BCUT2D eigenvalue weighted by atomic mass is 16.3. The van der Waals surface area contributed by atoms with E-state index in [0.29, 0.717) is 23.1 Å². The lowest BCUT2D eigenvalue weighted by molar-refractivity contribution is -0.146. The van der Waals surface area contributed by atoms with E-state index in [0.717, 1.165) is 69.4 Å². The number of unbranched alkanes of at least 4 members (excludes halogenated alkanes) is 2. The van der Waals surface area contributed by atoms with Crippen molar-refractivity contribution in [1.82, 2.24) is 9.80 Å². The average Bonchev–Trinajstić information content (AvgIpc) is 2.96. The van der Waals surface area contributed by atoms with E-state index >= 15 is 0 Å². The van der Waals surface area contributed by atoms with E-state index < -0.39 is 24.9 Å². The van der Waals surface area contributed by atoms with Crippen LogP contribution in [0.25, 0.3) is 0 Å². The number of hydrogen-bond donors (Lipinski definition) is 2. The minimum absolute atomic E-state index is 0.0282. The number of nitrogens with zero attached hydrogens (tertiary/aromatic N) is 5. The van der Waals surface area contributed by atoms with Gasteiger partial charge in [0, 0.05) is 18.7 Å². The molecule has 4 unspecified atom stereocenters. The summed E-state index contributed by atoms with van der Waals surface area (Å²) in [4.78, 5) is 29.0. The lowest BCUT2D eigenvalue weighted by atomic mass is 9.95. The number of aliphatic hydroxyl groups is 2. The van der Waals surface area contributed by atoms with Crippen LogP contribution in [0.3, 0.4) is 0 Å². The fourth-order valence-electron chi connectivity index (χ4n) is 5.12. The maximum Gasteiger partial charge on any atom is 0.268 e. The van der Waals surface area contributed by atoms with Crippen molar-refractivity contribution in [1.29, 1.82) is 5.26 Å². The van der Waals surface area contributed by atoms with Gasteiger partial charge in [-0.2, -0.15) is 15.5 Å². The molecule has 2 N–H and O–H groups in total. The zero-order valence-electron chi connectivity index (χ0n) is 24.8. The summed E-state index contributed by atoms with van der Waals surface area (Å²) in [6.07, 6.45) is 7.37. The van der Waals surface area contributed by atoms with E-state index in [-0.39, 0.29) is 17.1 Å². The second-order valence-electron chi connectivity index (χ2n) is 10.8. The molecule has 40 heavy (non-hydrogen) atoms. The quantitative estimate of drug-likeness (QED) is 0.244. The van der Waals surface area contributed by atoms with Crippen LogP contribution in [0.15, 0.2) is 45.6 Å². The summed E-state index contributed by atoms with van der Waals surface area (Å²) < 4.78 is 0. The normalized spacial score (nSPS) is 19.1. The minimum atomic E-state index is -1.46. The van der Waals surface area contributed by atoms with Crippen LogP contribution in [-0.2, 0) is 4.79 Å². The Bertz CT molecular complexity index is 1060. The van der Waals surface area contributed by atoms with Gasteiger partial charge in [0.05, 0.1) is 5.69 Å². The summed E-state index contributed by atoms with van der Waals surface area (Å²) in [6, 6.07) is 7.77. The monoisotopic (exact) mass is 553 g/mol. The Balaban J connectivity index is 2.34. The molecule has 1 aliphatic rings. The van der Waals surface area contributed by atoms with Crippen molar-refractivity contribution in [2.45, 2.75) is 98.3 Å². The first-order chi connectivity index (χ1) is 19.3. The summed E-state index contributed by atoms with van der Waals surface area (Å²) in [5, 5.41) is 38.0. The predicted molar refractivity (Wildman–Crippen MR) is 156 cm³/mol. The number of carbonyl (C=O) groups excluding carboxylic acids is 2. The van der Waals surface area contributed by atoms with Crippen molar-refractivity contribution in [3.63, 3.8) is 0 Å². The van der Waals surface area contributed by atoms with Crippen molar-refractivity contribution < 1.29 is 19.8 Å². The molecule has 1 aromatic rings. The number of benzene rings is 1. The lowest BCUT2D eigenvalue weighted by Gasteiger charge is -2.34. The molecule has 1 heterocycles. The fraction of sp³-hybridized carbons (Fsp3) is 0.645. The molecular weight excluding hydrogens is 506 g/mol. The summed E-state index contributed by atoms with van der Waals surface area (Å²) in [7, 11) is 0. The molecule has 220 valence electrons. The van der Waals surface area contributed by atoms with Crippen LogP contribution in [0.1, 0.15) is 96.3 Å². The third-order valence-electron chi connectivity index (χ3n) is 7.90. The molecule has 1 aliphatic heterocycles. The Kier molecular flexibility index (Phi) is 14.0. The molecule has 0 spiro atoms. The van der Waals surface area contributed by atoms with Gasteiger partial charge in [0.15, 0.2) is 6.23 Å². The third-order valence-corrected chi connectivity index (χ3v) is 7.90. The molecule has 2 rings (SSSR count). The summed E-state index contributed by atoms with van der Waals surface area (Å²) in [5.41, 5.74) is 1.05. The summed E-state index contributed by atoms with van der Waals surface area (Å²) in [6.45, 7) is 11.0. The Labute approximate surface area is 239 Å². The van der Waals surface area contributed by atoms with E-state index in [2.05, 4.69) is 37.9 Å². The lowest BCUT2D eigenvalue weighted by Crippen LogP contribution is -2.51. The predicted octanol–water partition coefficient (Wildman–Crippen LogP) is 5.96. The highest BCUT2D eigenvalue weighted by Gasteiger charge is 2.39. The van der Waals surface area contributed by atoms with Crippen molar-refractivity contribution in [2.24, 2.45) is 22.1 Å². The molecule has 9 heteroatoms. The summed E-state index contributed by atoms with van der Waals surface area (Å²) in [5.74, 6) is 0.122. The smallest absolute Gasteiger partial charge is 0.268 e. The van der Waals surface area contributed by atoms with Gasteiger partial charge in [-0.05, 0) is 55.4 Å². The largest absolute Gasteiger partial charge is 0.376 e. The number of azo groups is 1. The molecule has 9 nitrogen and oxygen atoms in total. The molecule has 0 bridgehead atoms. The van der Waals surface area contributed by atoms with E-state index in [1.807, 2.05) is 11.0 Å². The van der Waals surface area contributed by atoms with Gasteiger partial charge in [-0.25, -0.2) is 0 Å². The molecule has 0 aliphatic carbocycles. The second-order valence-corrected chi connectivity index (χ2v) is 10.8. The number of aliphatic hydroxyl groups excluding tert-OH is 2. The van der Waals surface area contributed by atoms with Crippen LogP contribution in [0.2, 0.25) is 0 Å². The zero-order chi connectivity index (χ0) is 29.7. The summed E-state index contributed by atoms with van der Waals surface area (Å²) >= 11 is 0. The molecule has 0 fully saturated rings. The van der Waals surface area contributed by atoms with E-state index in [4.69, 9.17) is 0 Å². The Morgan fingerprint density at radius 2 is 1.70 bits per heavy atom. The van der Waals surface area contributed by atoms with Crippen molar-refractivity contribution >= 4 is 17.5 Å². The number of rotatable bonds is 16. The zero-order valence-corrected chi connectivity index (χ0v) is 24.8. The average molecular weight is 554 g/mol. The van der Waals surface area contributed by atoms with E-state index in [1.165, 1.54) is 0 Å². The standard InChI is InChI=1S/C31H47N5O4/c1-6-10-13-23(8-3)19-35(20-24(9-4)14-11-7-2)29(38)25-15-12-16-26(17-25)33-34-28-22(5)27(18-32)30(39)36(21-37)31(28)40/h12,15-17,23-24,28,31,37,40H,6-11,13-14,19-21H2,1-5H3. The molecule has 2 amide bonds. The van der Waals surface area contributed by atoms with Gasteiger partial charge in [0.2, 0.25) is 0 Å². The van der Waals surface area contributed by atoms with Gasteiger partial charge < -0.3 is 15.1 Å². The Morgan fingerprint density at radius 3 is 2.20 bits per heavy atom. The van der Waals surface area contributed by atoms with Gasteiger partial charge in [-0.15, -0.1) is 0 Å². The van der Waals surface area contributed by atoms with Crippen LogP contribution in [0, 0.1) is 23.2 Å². The van der Waals surface area contributed by atoms with Crippen molar-refractivity contribution in [3.8, 4) is 6.07 Å². The highest BCUT2D eigenvalue weighted by Crippen LogP contribution is 2.28. The van der Waals surface area contributed by atoms with Crippen molar-refractivity contribution in [2.75, 3.05) is 19.8 Å². The van der Waals surface area contributed by atoms with Crippen LogP contribution in [0.4, 0.5) is 5.69 Å². The van der Waals surface area contributed by atoms with E-state index in [1.54, 1.807) is 31.2 Å². The maximum absolute atomic E-state index is 13.9. The first-order valence-corrected chi connectivity index (χ1v) is 14.8. The van der Waals surface area contributed by atoms with Crippen LogP contribution in [-0.4, -0.2) is 63.9 Å². The van der Waals surface area contributed by atoms with Crippen LogP contribution >= 0.6 is 0 Å². The number of hydrogen-bond acceptors (Lipinski definition) is 7. The Morgan fingerprint density at radius 1 is 1.10 bits per heavy atom. The first kappa shape index (κ1) is 33.1. The first-order valence-electron chi connectivity index (χ1n) is 14.8. The molecule has 0 saturated carbocycles. The Hall–Kier alpha value is -3.09. The SMILES string of the molecule is CCCCC(CC)CN(CC(CC)CCCC)C(=O)c1cccc(N=NC2C(C)=C(C#N)C(=O)N(CO)C2O)c1. The number of nitriles is 1. The third kappa shape index (κ3) is 8.70. The minimum Gasteiger partial charge on any atom is -0.376 e. The molecule has 0 saturated heterocycles. The van der Waals surface area contributed by atoms with Gasteiger partial charge in [-0.3, -0.25) is 14.5 Å². The molecule has 4 atom stereocenters. The number of amides is 2. The topological polar surface area (TPSA) is 130 Å². The molecule has 0 aromatic heterocycles. The second kappa shape index (κ2) is 16.9. The fourth-order valence-corrected chi connectivity index (χ4v) is 5.12. The molecule has 0 radical (unpaired) electrons. The van der Waals surface area contributed by atoms with Gasteiger partial charge in [-0.1, -0.05) is 72.3 Å². The van der Waals surface area contributed by atoms with Gasteiger partial charge in [0.25, 0.3) is 11.8 Å². The van der Waals surface area contributed by atoms with Gasteiger partial charge >= 0.3 is 0 Å². The number of carbonyl (C=O) groups is 2. The van der Waals surface area contributed by atoms with Crippen LogP contribution < -0.4 is 0 Å². The molecular formula is C31H47N5O4. The van der Waals surface area contributed by atoms with Gasteiger partial charge in [0.1, 0.15) is 24.4 Å². The molecule has 1 aromatic carbocycles. The van der Waals surface area contributed by atoms with Crippen LogP contribution in [0.5, 0.6) is 0 Å². The van der Waals surface area contributed by atoms with Crippen molar-refractivity contribution in [3.05, 3.63) is 41.0 Å². The maximum atomic E-state index is 13.9.